The van der Waals surface area contributed by atoms with Gasteiger partial charge >= 0.3 is 6.09 Å². The standard InChI is InChI=1S/C26H32N8O5/c1-33(2)21(35)9-5-4-7-17(30-26(38)39-3)24(36)29-18-8-6-12-34(25(18)37)14-20-31-22-19(13-16-10-11-16)27-15-28-23(22)32-20/h5-6,8-9,12,15-17H,4,7,10-11,13-14H2,1-3H3,(H,29,36)(H,30,38)(H,27,28,31,32)/b9-5+/t17-/m0/s1. The SMILES string of the molecule is COC(=O)N[C@@H](CC/C=C/C(=O)N(C)C)C(=O)Nc1cccn(Cc2nc3c(CC4CC4)ncnc3[nH]2)c1=O. The number of rotatable bonds is 11. The number of methoxy groups -OCH3 is 1. The Hall–Kier alpha value is -4.55. The molecule has 1 fully saturated rings. The van der Waals surface area contributed by atoms with Gasteiger partial charge in [0.1, 0.15) is 29.4 Å². The molecule has 0 unspecified atom stereocenters. The Bertz CT molecular complexity index is 1440. The number of carbonyl (C=O) groups excluding carboxylic acids is 3. The molecule has 0 aromatic carbocycles. The molecule has 1 atom stereocenters. The molecule has 0 aliphatic heterocycles. The number of anilines is 1. The number of nitrogens with one attached hydrogen (secondary N) is 3. The zero-order chi connectivity index (χ0) is 27.9. The van der Waals surface area contributed by atoms with E-state index in [0.717, 1.165) is 12.1 Å². The minimum absolute atomic E-state index is 0.0443. The van der Waals surface area contributed by atoms with Crippen LogP contribution in [-0.4, -0.2) is 74.6 Å². The Morgan fingerprint density at radius 3 is 2.79 bits per heavy atom. The molecule has 206 valence electrons. The molecule has 1 saturated carbocycles. The zero-order valence-corrected chi connectivity index (χ0v) is 22.1. The van der Waals surface area contributed by atoms with E-state index in [4.69, 9.17) is 0 Å². The van der Waals surface area contributed by atoms with Crippen molar-refractivity contribution in [1.82, 2.24) is 34.7 Å². The van der Waals surface area contributed by atoms with Crippen LogP contribution in [0.25, 0.3) is 11.2 Å². The number of alkyl carbamates (subject to hydrolysis) is 1. The summed E-state index contributed by atoms with van der Waals surface area (Å²) in [5.74, 6) is 0.390. The van der Waals surface area contributed by atoms with Gasteiger partial charge in [-0.15, -0.1) is 0 Å². The molecular weight excluding hydrogens is 504 g/mol. The lowest BCUT2D eigenvalue weighted by atomic mass is 10.1. The smallest absolute Gasteiger partial charge is 0.407 e. The average molecular weight is 537 g/mol. The van der Waals surface area contributed by atoms with Gasteiger partial charge in [0.05, 0.1) is 19.3 Å². The van der Waals surface area contributed by atoms with Gasteiger partial charge in [0.25, 0.3) is 5.56 Å². The molecule has 3 aromatic rings. The van der Waals surface area contributed by atoms with Crippen LogP contribution >= 0.6 is 0 Å². The van der Waals surface area contributed by atoms with Crippen molar-refractivity contribution in [2.24, 2.45) is 5.92 Å². The Morgan fingerprint density at radius 2 is 2.08 bits per heavy atom. The van der Waals surface area contributed by atoms with Gasteiger partial charge in [0, 0.05) is 20.3 Å². The summed E-state index contributed by atoms with van der Waals surface area (Å²) >= 11 is 0. The quantitative estimate of drug-likeness (QED) is 0.311. The van der Waals surface area contributed by atoms with Crippen molar-refractivity contribution >= 4 is 34.8 Å². The molecule has 0 saturated heterocycles. The minimum atomic E-state index is -0.997. The van der Waals surface area contributed by atoms with Gasteiger partial charge in [-0.2, -0.15) is 0 Å². The molecular formula is C26H32N8O5. The van der Waals surface area contributed by atoms with Crippen molar-refractivity contribution < 1.29 is 19.1 Å². The minimum Gasteiger partial charge on any atom is -0.453 e. The van der Waals surface area contributed by atoms with Crippen LogP contribution in [0.4, 0.5) is 10.5 Å². The van der Waals surface area contributed by atoms with Crippen LogP contribution in [0, 0.1) is 5.92 Å². The number of hydrogen-bond acceptors (Lipinski definition) is 8. The molecule has 0 spiro atoms. The summed E-state index contributed by atoms with van der Waals surface area (Å²) in [6.45, 7) is 0.135. The number of aromatic amines is 1. The van der Waals surface area contributed by atoms with Crippen molar-refractivity contribution in [3.05, 3.63) is 58.7 Å². The van der Waals surface area contributed by atoms with Crippen molar-refractivity contribution in [2.75, 3.05) is 26.5 Å². The van der Waals surface area contributed by atoms with Crippen LogP contribution in [-0.2, 0) is 27.3 Å². The second-order valence-corrected chi connectivity index (χ2v) is 9.59. The molecule has 3 heterocycles. The summed E-state index contributed by atoms with van der Waals surface area (Å²) in [4.78, 5) is 67.6. The number of likely N-dealkylation sites (N-methyl/N-ethyl adjacent to an activating group) is 1. The normalized spacial score (nSPS) is 13.8. The highest BCUT2D eigenvalue weighted by Gasteiger charge is 2.24. The molecule has 13 heteroatoms. The van der Waals surface area contributed by atoms with Crippen LogP contribution in [0.15, 0.2) is 41.6 Å². The van der Waals surface area contributed by atoms with E-state index in [9.17, 15) is 19.2 Å². The molecule has 4 rings (SSSR count). The van der Waals surface area contributed by atoms with E-state index in [1.807, 2.05) is 0 Å². The third kappa shape index (κ3) is 7.27. The van der Waals surface area contributed by atoms with Gasteiger partial charge in [-0.3, -0.25) is 14.4 Å². The van der Waals surface area contributed by atoms with Crippen molar-refractivity contribution in [1.29, 1.82) is 0 Å². The molecule has 13 nitrogen and oxygen atoms in total. The van der Waals surface area contributed by atoms with E-state index < -0.39 is 23.6 Å². The Kier molecular flexibility index (Phi) is 8.69. The Labute approximate surface area is 224 Å². The van der Waals surface area contributed by atoms with Crippen LogP contribution in [0.2, 0.25) is 0 Å². The largest absolute Gasteiger partial charge is 0.453 e. The zero-order valence-electron chi connectivity index (χ0n) is 22.1. The Balaban J connectivity index is 1.46. The third-order valence-electron chi connectivity index (χ3n) is 6.30. The van der Waals surface area contributed by atoms with Crippen LogP contribution in [0.3, 0.4) is 0 Å². The van der Waals surface area contributed by atoms with Crippen LogP contribution in [0.5, 0.6) is 0 Å². The predicted molar refractivity (Wildman–Crippen MR) is 143 cm³/mol. The number of hydrogen-bond donors (Lipinski definition) is 3. The summed E-state index contributed by atoms with van der Waals surface area (Å²) in [6, 6.07) is 2.12. The number of carbonyl (C=O) groups is 3. The van der Waals surface area contributed by atoms with Gasteiger partial charge in [0.2, 0.25) is 11.8 Å². The predicted octanol–water partition coefficient (Wildman–Crippen LogP) is 1.60. The molecule has 3 amide bonds. The van der Waals surface area contributed by atoms with Crippen LogP contribution in [0.1, 0.15) is 37.2 Å². The topological polar surface area (TPSA) is 164 Å². The first-order chi connectivity index (χ1) is 18.7. The lowest BCUT2D eigenvalue weighted by molar-refractivity contribution is -0.123. The number of allylic oxidation sites excluding steroid dienone is 1. The number of nitrogens with zero attached hydrogens (tertiary/aromatic N) is 5. The number of aromatic nitrogens is 5. The number of ether oxygens (including phenoxy) is 1. The molecule has 3 aromatic heterocycles. The second-order valence-electron chi connectivity index (χ2n) is 9.59. The monoisotopic (exact) mass is 536 g/mol. The Morgan fingerprint density at radius 1 is 1.28 bits per heavy atom. The maximum Gasteiger partial charge on any atom is 0.407 e. The van der Waals surface area contributed by atoms with E-state index in [-0.39, 0.29) is 24.6 Å². The van der Waals surface area contributed by atoms with Gasteiger partial charge in [0.15, 0.2) is 5.65 Å². The first kappa shape index (κ1) is 27.5. The van der Waals surface area contributed by atoms with E-state index in [2.05, 4.69) is 35.3 Å². The highest BCUT2D eigenvalue weighted by molar-refractivity contribution is 5.96. The molecule has 0 bridgehead atoms. The van der Waals surface area contributed by atoms with E-state index in [1.165, 1.54) is 47.9 Å². The number of H-pyrrole nitrogens is 1. The molecule has 1 aliphatic rings. The van der Waals surface area contributed by atoms with Crippen molar-refractivity contribution in [3.8, 4) is 0 Å². The molecule has 0 radical (unpaired) electrons. The maximum absolute atomic E-state index is 13.2. The summed E-state index contributed by atoms with van der Waals surface area (Å²) in [7, 11) is 4.44. The fourth-order valence-electron chi connectivity index (χ4n) is 3.95. The van der Waals surface area contributed by atoms with E-state index >= 15 is 0 Å². The fraction of sp³-hybridized carbons (Fsp3) is 0.423. The second kappa shape index (κ2) is 12.3. The number of fused-ring (bicyclic) bond motifs is 1. The van der Waals surface area contributed by atoms with Crippen molar-refractivity contribution in [2.45, 2.75) is 44.7 Å². The molecule has 39 heavy (non-hydrogen) atoms. The molecule has 3 N–H and O–H groups in total. The van der Waals surface area contributed by atoms with Gasteiger partial charge in [-0.25, -0.2) is 19.7 Å². The number of pyridine rings is 1. The summed E-state index contributed by atoms with van der Waals surface area (Å²) < 4.78 is 6.05. The summed E-state index contributed by atoms with van der Waals surface area (Å²) in [6.07, 6.45) is 9.08. The maximum atomic E-state index is 13.2. The van der Waals surface area contributed by atoms with Gasteiger partial charge in [-0.05, 0) is 56.2 Å². The summed E-state index contributed by atoms with van der Waals surface area (Å²) in [5.41, 5.74) is 1.82. The highest BCUT2D eigenvalue weighted by atomic mass is 16.5. The summed E-state index contributed by atoms with van der Waals surface area (Å²) in [5, 5.41) is 5.07. The van der Waals surface area contributed by atoms with E-state index in [0.29, 0.717) is 29.3 Å². The van der Waals surface area contributed by atoms with Gasteiger partial charge in [-0.1, -0.05) is 6.08 Å². The van der Waals surface area contributed by atoms with Gasteiger partial charge < -0.3 is 29.8 Å². The van der Waals surface area contributed by atoms with Crippen molar-refractivity contribution in [3.63, 3.8) is 0 Å². The first-order valence-electron chi connectivity index (χ1n) is 12.7. The highest BCUT2D eigenvalue weighted by Crippen LogP contribution is 2.33. The third-order valence-corrected chi connectivity index (χ3v) is 6.30. The lowest BCUT2D eigenvalue weighted by Crippen LogP contribution is -2.44. The average Bonchev–Trinajstić information content (AvgIpc) is 3.63. The first-order valence-corrected chi connectivity index (χ1v) is 12.7. The molecule has 1 aliphatic carbocycles. The van der Waals surface area contributed by atoms with E-state index in [1.54, 1.807) is 32.4 Å². The number of imidazole rings is 1. The fourth-order valence-corrected chi connectivity index (χ4v) is 3.95. The lowest BCUT2D eigenvalue weighted by Gasteiger charge is -2.17. The number of amides is 3. The van der Waals surface area contributed by atoms with Crippen LogP contribution < -0.4 is 16.2 Å².